The molecule has 1 fully saturated rings. The van der Waals surface area contributed by atoms with Crippen molar-refractivity contribution in [3.63, 3.8) is 0 Å². The first kappa shape index (κ1) is 11.4. The molecule has 0 aromatic carbocycles. The van der Waals surface area contributed by atoms with Crippen molar-refractivity contribution in [1.82, 2.24) is 9.74 Å². The second-order valence-corrected chi connectivity index (χ2v) is 3.96. The number of rotatable bonds is 3. The molecular formula is C8H9ClN4O2S. The van der Waals surface area contributed by atoms with Crippen molar-refractivity contribution in [2.45, 2.75) is 19.2 Å². The summed E-state index contributed by atoms with van der Waals surface area (Å²) in [6, 6.07) is 0. The van der Waals surface area contributed by atoms with Gasteiger partial charge in [0.2, 0.25) is 0 Å². The van der Waals surface area contributed by atoms with E-state index in [2.05, 4.69) is 15.3 Å². The normalized spacial score (nSPS) is 27.9. The molecule has 1 amide bonds. The second kappa shape index (κ2) is 4.08. The van der Waals surface area contributed by atoms with Crippen molar-refractivity contribution in [2.24, 2.45) is 9.98 Å². The summed E-state index contributed by atoms with van der Waals surface area (Å²) in [6.07, 6.45) is 2.05. The lowest BCUT2D eigenvalue weighted by molar-refractivity contribution is -0.120. The van der Waals surface area contributed by atoms with E-state index in [-0.39, 0.29) is 10.8 Å². The minimum atomic E-state index is -1.28. The van der Waals surface area contributed by atoms with Crippen LogP contribution in [0.2, 0.25) is 0 Å². The Kier molecular flexibility index (Phi) is 2.92. The van der Waals surface area contributed by atoms with Gasteiger partial charge in [0.05, 0.1) is 6.61 Å². The molecule has 0 aromatic heterocycles. The van der Waals surface area contributed by atoms with Crippen LogP contribution in [-0.4, -0.2) is 39.9 Å². The van der Waals surface area contributed by atoms with E-state index in [1.807, 2.05) is 6.92 Å². The Bertz CT molecular complexity index is 411. The number of nitrogens with one attached hydrogen (secondary N) is 1. The van der Waals surface area contributed by atoms with Gasteiger partial charge in [-0.05, 0) is 18.6 Å². The van der Waals surface area contributed by atoms with Crippen LogP contribution in [0.15, 0.2) is 9.98 Å². The molecule has 6 nitrogen and oxygen atoms in total. The topological polar surface area (TPSA) is 66.3 Å². The van der Waals surface area contributed by atoms with Crippen LogP contribution in [0.5, 0.6) is 0 Å². The van der Waals surface area contributed by atoms with Crippen molar-refractivity contribution >= 4 is 47.1 Å². The maximum absolute atomic E-state index is 11.8. The third-order valence-electron chi connectivity index (χ3n) is 2.10. The largest absolute Gasteiger partial charge is 0.332 e. The number of halogens is 1. The molecule has 16 heavy (non-hydrogen) atoms. The van der Waals surface area contributed by atoms with Crippen LogP contribution in [-0.2, 0) is 9.53 Å². The molecule has 2 aliphatic rings. The summed E-state index contributed by atoms with van der Waals surface area (Å²) in [5.74, 6) is -1.80. The van der Waals surface area contributed by atoms with E-state index in [0.717, 1.165) is 10.8 Å². The van der Waals surface area contributed by atoms with Gasteiger partial charge < -0.3 is 10.1 Å². The highest BCUT2D eigenvalue weighted by Crippen LogP contribution is 2.24. The first-order valence-corrected chi connectivity index (χ1v) is 5.43. The summed E-state index contributed by atoms with van der Waals surface area (Å²) in [5, 5.41) is 2.82. The number of aliphatic imine (C=N–C) groups is 2. The molecule has 2 rings (SSSR count). The van der Waals surface area contributed by atoms with Crippen LogP contribution in [0.4, 0.5) is 0 Å². The molecule has 2 heterocycles. The highest BCUT2D eigenvalue weighted by atomic mass is 35.5. The fourth-order valence-electron chi connectivity index (χ4n) is 1.38. The number of amides is 1. The standard InChI is InChI=1S/C8H9ClN4O2S/c1-2-3-15-8-5(10-4-11-8)6(14)13(9)7(16)12-8/h4H,2-3H2,1H3,(H,12,16). The molecule has 1 N–H and O–H groups in total. The summed E-state index contributed by atoms with van der Waals surface area (Å²) in [7, 11) is 0. The molecule has 1 unspecified atom stereocenters. The zero-order valence-corrected chi connectivity index (χ0v) is 10.0. The minimum Gasteiger partial charge on any atom is -0.332 e. The third-order valence-corrected chi connectivity index (χ3v) is 2.81. The van der Waals surface area contributed by atoms with E-state index < -0.39 is 11.8 Å². The summed E-state index contributed by atoms with van der Waals surface area (Å²) < 4.78 is 6.29. The Morgan fingerprint density at radius 3 is 3.19 bits per heavy atom. The number of carbonyl (C=O) groups excluding carboxylic acids is 1. The third kappa shape index (κ3) is 1.60. The van der Waals surface area contributed by atoms with E-state index in [1.54, 1.807) is 0 Å². The van der Waals surface area contributed by atoms with Crippen molar-refractivity contribution in [1.29, 1.82) is 0 Å². The van der Waals surface area contributed by atoms with Crippen LogP contribution >= 0.6 is 24.0 Å². The van der Waals surface area contributed by atoms with Crippen LogP contribution in [0.1, 0.15) is 13.3 Å². The van der Waals surface area contributed by atoms with E-state index in [0.29, 0.717) is 6.61 Å². The Morgan fingerprint density at radius 1 is 1.75 bits per heavy atom. The lowest BCUT2D eigenvalue weighted by atomic mass is 10.2. The zero-order valence-electron chi connectivity index (χ0n) is 8.44. The number of thiocarbonyl (C=S) groups is 1. The predicted molar refractivity (Wildman–Crippen MR) is 63.3 cm³/mol. The van der Waals surface area contributed by atoms with Gasteiger partial charge in [0, 0.05) is 11.8 Å². The highest BCUT2D eigenvalue weighted by Gasteiger charge is 2.50. The Hall–Kier alpha value is -1.05. The van der Waals surface area contributed by atoms with Gasteiger partial charge in [0.15, 0.2) is 10.8 Å². The van der Waals surface area contributed by atoms with Crippen LogP contribution in [0, 0.1) is 0 Å². The molecule has 0 aliphatic carbocycles. The Morgan fingerprint density at radius 2 is 2.50 bits per heavy atom. The predicted octanol–water partition coefficient (Wildman–Crippen LogP) is 0.420. The molecule has 1 saturated heterocycles. The van der Waals surface area contributed by atoms with Crippen molar-refractivity contribution in [3.05, 3.63) is 0 Å². The van der Waals surface area contributed by atoms with Gasteiger partial charge in [0.1, 0.15) is 6.34 Å². The Labute approximate surface area is 102 Å². The van der Waals surface area contributed by atoms with E-state index in [9.17, 15) is 4.79 Å². The second-order valence-electron chi connectivity index (χ2n) is 3.23. The number of fused-ring (bicyclic) bond motifs is 1. The Balaban J connectivity index is 2.30. The smallest absolute Gasteiger partial charge is 0.296 e. The van der Waals surface area contributed by atoms with Gasteiger partial charge >= 0.3 is 0 Å². The van der Waals surface area contributed by atoms with Gasteiger partial charge in [0.25, 0.3) is 11.8 Å². The first-order valence-electron chi connectivity index (χ1n) is 4.69. The molecule has 0 spiro atoms. The molecule has 0 saturated carbocycles. The molecule has 0 bridgehead atoms. The van der Waals surface area contributed by atoms with Gasteiger partial charge in [-0.25, -0.2) is 9.98 Å². The molecule has 0 radical (unpaired) electrons. The number of ether oxygens (including phenoxy) is 1. The fourth-order valence-corrected chi connectivity index (χ4v) is 1.72. The van der Waals surface area contributed by atoms with Gasteiger partial charge in [-0.15, -0.1) is 0 Å². The highest BCUT2D eigenvalue weighted by molar-refractivity contribution is 7.80. The number of hydrogen-bond donors (Lipinski definition) is 1. The summed E-state index contributed by atoms with van der Waals surface area (Å²) >= 11 is 10.6. The van der Waals surface area contributed by atoms with Crippen molar-refractivity contribution in [2.75, 3.05) is 6.61 Å². The van der Waals surface area contributed by atoms with Crippen LogP contribution < -0.4 is 5.32 Å². The van der Waals surface area contributed by atoms with Gasteiger partial charge in [-0.1, -0.05) is 6.92 Å². The minimum absolute atomic E-state index is 0.0563. The number of hydrogen-bond acceptors (Lipinski definition) is 5. The SMILES string of the molecule is CCCOC12N=CN=C1C(=O)N(Cl)C(=S)N2. The molecule has 1 atom stereocenters. The van der Waals surface area contributed by atoms with Crippen molar-refractivity contribution < 1.29 is 9.53 Å². The lowest BCUT2D eigenvalue weighted by Gasteiger charge is -2.35. The molecule has 0 aromatic rings. The van der Waals surface area contributed by atoms with E-state index in [1.165, 1.54) is 6.34 Å². The van der Waals surface area contributed by atoms with E-state index in [4.69, 9.17) is 28.7 Å². The average Bonchev–Trinajstić information content (AvgIpc) is 2.67. The summed E-state index contributed by atoms with van der Waals surface area (Å²) in [4.78, 5) is 19.6. The van der Waals surface area contributed by atoms with E-state index >= 15 is 0 Å². The maximum atomic E-state index is 11.8. The molecule has 8 heteroatoms. The zero-order chi connectivity index (χ0) is 11.8. The average molecular weight is 261 g/mol. The van der Waals surface area contributed by atoms with Crippen molar-refractivity contribution in [3.8, 4) is 0 Å². The number of carbonyl (C=O) groups is 1. The molecule has 86 valence electrons. The van der Waals surface area contributed by atoms with Gasteiger partial charge in [-0.2, -0.15) is 4.42 Å². The molecule has 2 aliphatic heterocycles. The monoisotopic (exact) mass is 260 g/mol. The quantitative estimate of drug-likeness (QED) is 0.590. The summed E-state index contributed by atoms with van der Waals surface area (Å²) in [5.41, 5.74) is 0.101. The fraction of sp³-hybridized carbons (Fsp3) is 0.500. The first-order chi connectivity index (χ1) is 7.60. The maximum Gasteiger partial charge on any atom is 0.296 e. The van der Waals surface area contributed by atoms with Gasteiger partial charge in [-0.3, -0.25) is 4.79 Å². The van der Waals surface area contributed by atoms with Crippen LogP contribution in [0.25, 0.3) is 0 Å². The number of nitrogens with zero attached hydrogens (tertiary/aromatic N) is 3. The molecular weight excluding hydrogens is 252 g/mol. The summed E-state index contributed by atoms with van der Waals surface area (Å²) in [6.45, 7) is 2.38. The van der Waals surface area contributed by atoms with Crippen LogP contribution in [0.3, 0.4) is 0 Å². The lowest BCUT2D eigenvalue weighted by Crippen LogP contribution is -2.65.